The SMILES string of the molecule is Cc1cc(=O)n2[nH]c(-c3cnn(C)c3N)nc2n1. The van der Waals surface area contributed by atoms with Gasteiger partial charge in [0.05, 0.1) is 11.8 Å². The van der Waals surface area contributed by atoms with Crippen LogP contribution in [0.3, 0.4) is 0 Å². The van der Waals surface area contributed by atoms with Crippen LogP contribution >= 0.6 is 0 Å². The maximum absolute atomic E-state index is 11.7. The zero-order valence-electron chi connectivity index (χ0n) is 9.88. The summed E-state index contributed by atoms with van der Waals surface area (Å²) < 4.78 is 2.80. The summed E-state index contributed by atoms with van der Waals surface area (Å²) >= 11 is 0. The molecule has 8 heteroatoms. The van der Waals surface area contributed by atoms with Crippen LogP contribution in [0, 0.1) is 6.92 Å². The minimum absolute atomic E-state index is 0.210. The molecule has 0 radical (unpaired) electrons. The monoisotopic (exact) mass is 245 g/mol. The minimum Gasteiger partial charge on any atom is -0.383 e. The van der Waals surface area contributed by atoms with Crippen LogP contribution in [0.5, 0.6) is 0 Å². The van der Waals surface area contributed by atoms with Crippen LogP contribution in [0.2, 0.25) is 0 Å². The first-order chi connectivity index (χ1) is 8.56. The van der Waals surface area contributed by atoms with Crippen molar-refractivity contribution in [2.24, 2.45) is 7.05 Å². The Hall–Kier alpha value is -2.64. The lowest BCUT2D eigenvalue weighted by Gasteiger charge is -1.95. The third-order valence-corrected chi connectivity index (χ3v) is 2.70. The van der Waals surface area contributed by atoms with Crippen molar-refractivity contribution in [3.8, 4) is 11.4 Å². The van der Waals surface area contributed by atoms with Gasteiger partial charge in [0.25, 0.3) is 11.3 Å². The highest BCUT2D eigenvalue weighted by Crippen LogP contribution is 2.21. The number of H-pyrrole nitrogens is 1. The molecule has 0 saturated carbocycles. The number of aromatic amines is 1. The van der Waals surface area contributed by atoms with Gasteiger partial charge in [0.15, 0.2) is 5.82 Å². The molecule has 0 aromatic carbocycles. The van der Waals surface area contributed by atoms with Crippen LogP contribution in [0.15, 0.2) is 17.1 Å². The lowest BCUT2D eigenvalue weighted by molar-refractivity contribution is 0.779. The van der Waals surface area contributed by atoms with E-state index in [-0.39, 0.29) is 5.56 Å². The van der Waals surface area contributed by atoms with E-state index >= 15 is 0 Å². The number of nitrogen functional groups attached to an aromatic ring is 1. The van der Waals surface area contributed by atoms with Crippen LogP contribution in [-0.2, 0) is 7.05 Å². The van der Waals surface area contributed by atoms with Crippen LogP contribution < -0.4 is 11.3 Å². The molecule has 8 nitrogen and oxygen atoms in total. The summed E-state index contributed by atoms with van der Waals surface area (Å²) in [5.74, 6) is 1.26. The molecule has 3 aromatic rings. The Balaban J connectivity index is 2.29. The molecule has 0 bridgehead atoms. The number of anilines is 1. The second-order valence-electron chi connectivity index (χ2n) is 4.01. The van der Waals surface area contributed by atoms with Crippen molar-refractivity contribution in [1.82, 2.24) is 29.4 Å². The van der Waals surface area contributed by atoms with E-state index in [1.54, 1.807) is 20.2 Å². The summed E-state index contributed by atoms with van der Waals surface area (Å²) in [7, 11) is 1.73. The third kappa shape index (κ3) is 1.39. The topological polar surface area (TPSA) is 107 Å². The summed E-state index contributed by atoms with van der Waals surface area (Å²) in [4.78, 5) is 20.1. The number of nitrogens with zero attached hydrogens (tertiary/aromatic N) is 5. The first-order valence-corrected chi connectivity index (χ1v) is 5.30. The zero-order valence-corrected chi connectivity index (χ0v) is 9.88. The van der Waals surface area contributed by atoms with Gasteiger partial charge in [-0.25, -0.2) is 4.98 Å². The van der Waals surface area contributed by atoms with Crippen molar-refractivity contribution >= 4 is 11.6 Å². The summed E-state index contributed by atoms with van der Waals surface area (Å²) in [6, 6.07) is 1.43. The van der Waals surface area contributed by atoms with Gasteiger partial charge in [-0.15, -0.1) is 0 Å². The number of rotatable bonds is 1. The third-order valence-electron chi connectivity index (χ3n) is 2.70. The van der Waals surface area contributed by atoms with Crippen molar-refractivity contribution in [2.75, 3.05) is 5.73 Å². The molecular weight excluding hydrogens is 234 g/mol. The lowest BCUT2D eigenvalue weighted by Crippen LogP contribution is -2.14. The van der Waals surface area contributed by atoms with Crippen molar-refractivity contribution < 1.29 is 0 Å². The molecule has 92 valence electrons. The number of aromatic nitrogens is 6. The molecule has 3 N–H and O–H groups in total. The number of fused-ring (bicyclic) bond motifs is 1. The molecule has 0 aliphatic carbocycles. The van der Waals surface area contributed by atoms with E-state index in [0.29, 0.717) is 28.7 Å². The van der Waals surface area contributed by atoms with E-state index in [9.17, 15) is 4.79 Å². The molecule has 3 heterocycles. The van der Waals surface area contributed by atoms with E-state index < -0.39 is 0 Å². The number of hydrogen-bond acceptors (Lipinski definition) is 5. The van der Waals surface area contributed by atoms with Crippen LogP contribution in [0.25, 0.3) is 17.2 Å². The fraction of sp³-hybridized carbons (Fsp3) is 0.200. The second-order valence-corrected chi connectivity index (χ2v) is 4.01. The predicted molar refractivity (Wildman–Crippen MR) is 65.0 cm³/mol. The highest BCUT2D eigenvalue weighted by atomic mass is 16.1. The molecule has 0 aliphatic rings. The predicted octanol–water partition coefficient (Wildman–Crippen LogP) is -0.291. The van der Waals surface area contributed by atoms with E-state index in [2.05, 4.69) is 20.2 Å². The van der Waals surface area contributed by atoms with Crippen molar-refractivity contribution in [3.05, 3.63) is 28.3 Å². The fourth-order valence-corrected chi connectivity index (χ4v) is 1.74. The Morgan fingerprint density at radius 2 is 2.17 bits per heavy atom. The average molecular weight is 245 g/mol. The first-order valence-electron chi connectivity index (χ1n) is 5.30. The van der Waals surface area contributed by atoms with Gasteiger partial charge in [-0.05, 0) is 6.92 Å². The number of hydrogen-bond donors (Lipinski definition) is 2. The highest BCUT2D eigenvalue weighted by molar-refractivity contribution is 5.68. The quantitative estimate of drug-likeness (QED) is 0.612. The Bertz CT molecular complexity index is 794. The minimum atomic E-state index is -0.210. The zero-order chi connectivity index (χ0) is 12.9. The van der Waals surface area contributed by atoms with Crippen molar-refractivity contribution in [1.29, 1.82) is 0 Å². The van der Waals surface area contributed by atoms with Gasteiger partial charge in [-0.2, -0.15) is 14.6 Å². The van der Waals surface area contributed by atoms with Crippen molar-refractivity contribution in [3.63, 3.8) is 0 Å². The molecule has 0 amide bonds. The summed E-state index contributed by atoms with van der Waals surface area (Å²) in [5.41, 5.74) is 6.91. The largest absolute Gasteiger partial charge is 0.383 e. The molecule has 3 rings (SSSR count). The van der Waals surface area contributed by atoms with E-state index in [1.807, 2.05) is 0 Å². The van der Waals surface area contributed by atoms with Gasteiger partial charge in [0.2, 0.25) is 0 Å². The number of nitrogens with two attached hydrogens (primary N) is 1. The van der Waals surface area contributed by atoms with Crippen LogP contribution in [0.1, 0.15) is 5.69 Å². The second kappa shape index (κ2) is 3.42. The standard InChI is InChI=1S/C10H11N7O/c1-5-3-7(18)17-10(13-5)14-9(15-17)6-4-12-16(2)8(6)11/h3-4H,11H2,1-2H3,(H,13,14,15). The first kappa shape index (κ1) is 10.5. The van der Waals surface area contributed by atoms with Gasteiger partial charge in [0.1, 0.15) is 5.82 Å². The van der Waals surface area contributed by atoms with E-state index in [1.165, 1.54) is 15.3 Å². The Morgan fingerprint density at radius 1 is 1.39 bits per heavy atom. The van der Waals surface area contributed by atoms with Gasteiger partial charge in [-0.3, -0.25) is 14.6 Å². The normalized spacial score (nSPS) is 11.2. The number of nitrogens with one attached hydrogen (secondary N) is 1. The lowest BCUT2D eigenvalue weighted by atomic mass is 10.3. The molecule has 0 spiro atoms. The Morgan fingerprint density at radius 3 is 2.83 bits per heavy atom. The Kier molecular flexibility index (Phi) is 2.00. The molecule has 0 atom stereocenters. The molecule has 3 aromatic heterocycles. The van der Waals surface area contributed by atoms with Gasteiger partial charge in [0, 0.05) is 18.8 Å². The maximum atomic E-state index is 11.7. The molecule has 0 fully saturated rings. The average Bonchev–Trinajstić information content (AvgIpc) is 2.84. The molecule has 0 aliphatic heterocycles. The number of aryl methyl sites for hydroxylation is 2. The van der Waals surface area contributed by atoms with Gasteiger partial charge < -0.3 is 5.73 Å². The molecular formula is C10H11N7O. The van der Waals surface area contributed by atoms with Gasteiger partial charge >= 0.3 is 0 Å². The van der Waals surface area contributed by atoms with Crippen molar-refractivity contribution in [2.45, 2.75) is 6.92 Å². The summed E-state index contributed by atoms with van der Waals surface area (Å²) in [6.07, 6.45) is 1.59. The van der Waals surface area contributed by atoms with Gasteiger partial charge in [-0.1, -0.05) is 0 Å². The Labute approximate surface area is 101 Å². The smallest absolute Gasteiger partial charge is 0.274 e. The van der Waals surface area contributed by atoms with Crippen LogP contribution in [-0.4, -0.2) is 29.4 Å². The van der Waals surface area contributed by atoms with Crippen LogP contribution in [0.4, 0.5) is 5.82 Å². The summed E-state index contributed by atoms with van der Waals surface area (Å²) in [5, 5.41) is 6.89. The maximum Gasteiger partial charge on any atom is 0.274 e. The fourth-order valence-electron chi connectivity index (χ4n) is 1.74. The molecule has 0 unspecified atom stereocenters. The summed E-state index contributed by atoms with van der Waals surface area (Å²) in [6.45, 7) is 1.74. The van der Waals surface area contributed by atoms with E-state index in [4.69, 9.17) is 5.73 Å². The molecule has 18 heavy (non-hydrogen) atoms. The molecule has 0 saturated heterocycles. The highest BCUT2D eigenvalue weighted by Gasteiger charge is 2.13. The van der Waals surface area contributed by atoms with E-state index in [0.717, 1.165) is 0 Å².